The average molecular weight is 452 g/mol. The molecule has 1 N–H and O–H groups in total. The van der Waals surface area contributed by atoms with Crippen LogP contribution in [0.1, 0.15) is 49.1 Å². The summed E-state index contributed by atoms with van der Waals surface area (Å²) in [6.45, 7) is 2.43. The molecule has 0 radical (unpaired) electrons. The number of hydrogen-bond donors (Lipinski definition) is 1. The maximum absolute atomic E-state index is 13.5. The van der Waals surface area contributed by atoms with Crippen LogP contribution in [-0.4, -0.2) is 39.6 Å². The van der Waals surface area contributed by atoms with E-state index in [1.807, 2.05) is 43.3 Å². The zero-order chi connectivity index (χ0) is 23.5. The van der Waals surface area contributed by atoms with Gasteiger partial charge in [-0.25, -0.2) is 0 Å². The summed E-state index contributed by atoms with van der Waals surface area (Å²) in [5, 5.41) is 2.97. The molecule has 2 aromatic rings. The maximum atomic E-state index is 13.5. The molecule has 33 heavy (non-hydrogen) atoms. The molecule has 0 fully saturated rings. The predicted octanol–water partition coefficient (Wildman–Crippen LogP) is 4.12. The molecule has 0 unspecified atom stereocenters. The molecule has 0 saturated heterocycles. The highest BCUT2D eigenvalue weighted by molar-refractivity contribution is 6.02. The van der Waals surface area contributed by atoms with Crippen LogP contribution in [0.5, 0.6) is 23.0 Å². The van der Waals surface area contributed by atoms with Crippen molar-refractivity contribution in [3.63, 3.8) is 0 Å². The van der Waals surface area contributed by atoms with Gasteiger partial charge in [0, 0.05) is 35.6 Å². The lowest BCUT2D eigenvalue weighted by molar-refractivity contribution is -0.122. The van der Waals surface area contributed by atoms with E-state index in [-0.39, 0.29) is 29.9 Å². The van der Waals surface area contributed by atoms with Crippen LogP contribution < -0.4 is 24.3 Å². The van der Waals surface area contributed by atoms with Crippen LogP contribution in [0.2, 0.25) is 0 Å². The van der Waals surface area contributed by atoms with Gasteiger partial charge in [0.1, 0.15) is 5.75 Å². The highest BCUT2D eigenvalue weighted by atomic mass is 16.5. The number of hydrogen-bond acceptors (Lipinski definition) is 6. The lowest BCUT2D eigenvalue weighted by atomic mass is 9.73. The van der Waals surface area contributed by atoms with E-state index < -0.39 is 0 Å². The Labute approximate surface area is 193 Å². The van der Waals surface area contributed by atoms with Crippen molar-refractivity contribution in [3.8, 4) is 23.0 Å². The Morgan fingerprint density at radius 3 is 2.24 bits per heavy atom. The van der Waals surface area contributed by atoms with Crippen molar-refractivity contribution in [2.45, 2.75) is 38.0 Å². The van der Waals surface area contributed by atoms with Crippen LogP contribution in [0.4, 0.5) is 0 Å². The third-order valence-corrected chi connectivity index (χ3v) is 6.29. The van der Waals surface area contributed by atoms with Crippen molar-refractivity contribution in [3.05, 3.63) is 58.8 Å². The molecule has 4 rings (SSSR count). The lowest BCUT2D eigenvalue weighted by Gasteiger charge is -2.35. The summed E-state index contributed by atoms with van der Waals surface area (Å²) in [5.74, 6) is 1.80. The maximum Gasteiger partial charge on any atom is 0.225 e. The largest absolute Gasteiger partial charge is 0.494 e. The first-order valence-electron chi connectivity index (χ1n) is 11.1. The fraction of sp³-hybridized carbons (Fsp3) is 0.385. The molecule has 2 aliphatic rings. The molecule has 0 aromatic heterocycles. The van der Waals surface area contributed by atoms with E-state index in [1.165, 1.54) is 0 Å². The van der Waals surface area contributed by atoms with Crippen LogP contribution in [0, 0.1) is 0 Å². The van der Waals surface area contributed by atoms with Crippen molar-refractivity contribution in [1.29, 1.82) is 0 Å². The van der Waals surface area contributed by atoms with Crippen LogP contribution in [0.25, 0.3) is 0 Å². The van der Waals surface area contributed by atoms with Crippen LogP contribution in [0.3, 0.4) is 0 Å². The average Bonchev–Trinajstić information content (AvgIpc) is 2.82. The van der Waals surface area contributed by atoms with Gasteiger partial charge in [-0.1, -0.05) is 18.2 Å². The molecule has 174 valence electrons. The molecule has 7 heteroatoms. The first-order valence-corrected chi connectivity index (χ1v) is 11.1. The van der Waals surface area contributed by atoms with Gasteiger partial charge in [-0.05, 0) is 43.0 Å². The Morgan fingerprint density at radius 2 is 1.61 bits per heavy atom. The minimum Gasteiger partial charge on any atom is -0.494 e. The molecule has 2 atom stereocenters. The summed E-state index contributed by atoms with van der Waals surface area (Å²) >= 11 is 0. The van der Waals surface area contributed by atoms with Gasteiger partial charge in [0.2, 0.25) is 11.7 Å². The lowest BCUT2D eigenvalue weighted by Crippen LogP contribution is -2.38. The van der Waals surface area contributed by atoms with E-state index in [9.17, 15) is 9.59 Å². The van der Waals surface area contributed by atoms with Crippen molar-refractivity contribution in [2.24, 2.45) is 0 Å². The normalized spacial score (nSPS) is 20.1. The number of para-hydroxylation sites is 1. The van der Waals surface area contributed by atoms with Crippen molar-refractivity contribution >= 4 is 11.7 Å². The SMILES string of the molecule is CCOc1ccccc1[C@@H]1CC(=O)NC2=C1C(=O)C[C@@H](c1cc(OC)c(OC)c(OC)c1)C2. The van der Waals surface area contributed by atoms with E-state index in [1.54, 1.807) is 21.3 Å². The molecule has 1 heterocycles. The molecule has 2 aromatic carbocycles. The van der Waals surface area contributed by atoms with Gasteiger partial charge in [0.25, 0.3) is 0 Å². The Kier molecular flexibility index (Phi) is 6.58. The fourth-order valence-corrected chi connectivity index (χ4v) is 4.85. The number of rotatable bonds is 7. The van der Waals surface area contributed by atoms with Crippen molar-refractivity contribution < 1.29 is 28.5 Å². The number of Topliss-reactive ketones (excluding diaryl/α,β-unsaturated/α-hetero) is 1. The van der Waals surface area contributed by atoms with Gasteiger partial charge in [0.15, 0.2) is 17.3 Å². The minimum absolute atomic E-state index is 0.0336. The Bertz CT molecular complexity index is 1080. The van der Waals surface area contributed by atoms with E-state index in [0.29, 0.717) is 53.7 Å². The highest BCUT2D eigenvalue weighted by Crippen LogP contribution is 2.47. The van der Waals surface area contributed by atoms with E-state index in [4.69, 9.17) is 18.9 Å². The second-order valence-corrected chi connectivity index (χ2v) is 8.15. The Morgan fingerprint density at radius 1 is 0.909 bits per heavy atom. The Hall–Kier alpha value is -3.48. The number of carbonyl (C=O) groups is 2. The van der Waals surface area contributed by atoms with Gasteiger partial charge in [0.05, 0.1) is 27.9 Å². The fourth-order valence-electron chi connectivity index (χ4n) is 4.85. The van der Waals surface area contributed by atoms with Crippen molar-refractivity contribution in [2.75, 3.05) is 27.9 Å². The number of amides is 1. The number of carbonyl (C=O) groups excluding carboxylic acids is 2. The predicted molar refractivity (Wildman–Crippen MR) is 123 cm³/mol. The molecule has 1 aliphatic heterocycles. The van der Waals surface area contributed by atoms with E-state index >= 15 is 0 Å². The van der Waals surface area contributed by atoms with Crippen LogP contribution in [-0.2, 0) is 9.59 Å². The number of benzene rings is 2. The molecular weight excluding hydrogens is 422 g/mol. The molecule has 7 nitrogen and oxygen atoms in total. The first-order chi connectivity index (χ1) is 16.0. The monoisotopic (exact) mass is 451 g/mol. The molecule has 0 saturated carbocycles. The molecule has 0 spiro atoms. The summed E-state index contributed by atoms with van der Waals surface area (Å²) < 4.78 is 22.2. The van der Waals surface area contributed by atoms with Gasteiger partial charge < -0.3 is 24.3 Å². The smallest absolute Gasteiger partial charge is 0.225 e. The van der Waals surface area contributed by atoms with Crippen LogP contribution in [0.15, 0.2) is 47.7 Å². The van der Waals surface area contributed by atoms with Crippen molar-refractivity contribution in [1.82, 2.24) is 5.32 Å². The zero-order valence-electron chi connectivity index (χ0n) is 19.4. The molecular formula is C26H29NO6. The number of ketones is 1. The molecule has 1 amide bonds. The van der Waals surface area contributed by atoms with Gasteiger partial charge in [-0.3, -0.25) is 9.59 Å². The minimum atomic E-state index is -0.315. The summed E-state index contributed by atoms with van der Waals surface area (Å²) in [6.07, 6.45) is 1.10. The Balaban J connectivity index is 1.73. The van der Waals surface area contributed by atoms with Gasteiger partial charge in [-0.2, -0.15) is 0 Å². The number of ether oxygens (including phenoxy) is 4. The van der Waals surface area contributed by atoms with Gasteiger partial charge >= 0.3 is 0 Å². The van der Waals surface area contributed by atoms with Gasteiger partial charge in [-0.15, -0.1) is 0 Å². The second kappa shape index (κ2) is 9.57. The number of allylic oxidation sites excluding steroid dienone is 2. The summed E-state index contributed by atoms with van der Waals surface area (Å²) in [4.78, 5) is 26.1. The third kappa shape index (κ3) is 4.27. The van der Waals surface area contributed by atoms with Crippen LogP contribution >= 0.6 is 0 Å². The van der Waals surface area contributed by atoms with E-state index in [2.05, 4.69) is 5.32 Å². The highest BCUT2D eigenvalue weighted by Gasteiger charge is 2.39. The molecule has 0 bridgehead atoms. The number of nitrogens with one attached hydrogen (secondary N) is 1. The molecule has 1 aliphatic carbocycles. The zero-order valence-corrected chi connectivity index (χ0v) is 19.4. The third-order valence-electron chi connectivity index (χ3n) is 6.29. The summed E-state index contributed by atoms with van der Waals surface area (Å²) in [7, 11) is 4.68. The second-order valence-electron chi connectivity index (χ2n) is 8.15. The number of methoxy groups -OCH3 is 3. The quantitative estimate of drug-likeness (QED) is 0.682. The standard InChI is InChI=1S/C26H29NO6/c1-5-33-21-9-7-6-8-17(21)18-14-24(29)27-19-10-15(11-20(28)25(18)19)16-12-22(30-2)26(32-4)23(13-16)31-3/h6-9,12-13,15,18H,5,10-11,14H2,1-4H3,(H,27,29)/t15-,18-/m0/s1. The first kappa shape index (κ1) is 22.7. The summed E-state index contributed by atoms with van der Waals surface area (Å²) in [5.41, 5.74) is 3.15. The topological polar surface area (TPSA) is 83.1 Å². The van der Waals surface area contributed by atoms with E-state index in [0.717, 1.165) is 11.1 Å². The summed E-state index contributed by atoms with van der Waals surface area (Å²) in [6, 6.07) is 11.4.